The highest BCUT2D eigenvalue weighted by atomic mass is 35.5. The molecule has 0 saturated carbocycles. The highest BCUT2D eigenvalue weighted by Crippen LogP contribution is 2.36. The number of thiophene rings is 1. The Hall–Kier alpha value is -1.26. The van der Waals surface area contributed by atoms with Crippen LogP contribution in [0.4, 0.5) is 5.69 Å². The fraction of sp³-hybridized carbons (Fsp3) is 0.400. The van der Waals surface area contributed by atoms with Gasteiger partial charge in [0.1, 0.15) is 4.88 Å². The molecule has 1 aromatic carbocycles. The van der Waals surface area contributed by atoms with E-state index in [1.54, 1.807) is 11.0 Å². The van der Waals surface area contributed by atoms with Crippen molar-refractivity contribution in [3.05, 3.63) is 28.1 Å². The number of fused-ring (bicyclic) bond motifs is 1. The van der Waals surface area contributed by atoms with E-state index in [9.17, 15) is 4.79 Å². The predicted octanol–water partition coefficient (Wildman–Crippen LogP) is 4.40. The summed E-state index contributed by atoms with van der Waals surface area (Å²) in [5, 5.41) is 1.55. The zero-order valence-electron chi connectivity index (χ0n) is 12.2. The van der Waals surface area contributed by atoms with Crippen LogP contribution in [0.5, 0.6) is 0 Å². The zero-order chi connectivity index (χ0) is 15.1. The number of hydrogen-bond acceptors (Lipinski definition) is 3. The van der Waals surface area contributed by atoms with Crippen molar-refractivity contribution in [3.63, 3.8) is 0 Å². The maximum absolute atomic E-state index is 12.6. The minimum Gasteiger partial charge on any atom is -0.397 e. The summed E-state index contributed by atoms with van der Waals surface area (Å²) in [5.41, 5.74) is 6.48. The topological polar surface area (TPSA) is 46.3 Å². The Morgan fingerprint density at radius 1 is 1.45 bits per heavy atom. The zero-order valence-corrected chi connectivity index (χ0v) is 13.7. The average Bonchev–Trinajstić information content (AvgIpc) is 2.73. The number of hydrogen-bond donors (Lipinski definition) is 1. The van der Waals surface area contributed by atoms with E-state index < -0.39 is 0 Å². The Morgan fingerprint density at radius 3 is 2.70 bits per heavy atom. The molecule has 0 aliphatic carbocycles. The maximum Gasteiger partial charge on any atom is 0.266 e. The average molecular weight is 311 g/mol. The van der Waals surface area contributed by atoms with Gasteiger partial charge >= 0.3 is 0 Å². The van der Waals surface area contributed by atoms with Gasteiger partial charge in [-0.05, 0) is 38.5 Å². The first-order valence-corrected chi connectivity index (χ1v) is 7.73. The monoisotopic (exact) mass is 310 g/mol. The van der Waals surface area contributed by atoms with E-state index in [-0.39, 0.29) is 11.4 Å². The van der Waals surface area contributed by atoms with Crippen molar-refractivity contribution in [2.45, 2.75) is 32.7 Å². The van der Waals surface area contributed by atoms with Gasteiger partial charge in [-0.25, -0.2) is 0 Å². The molecule has 2 rings (SSSR count). The van der Waals surface area contributed by atoms with E-state index in [1.807, 2.05) is 33.0 Å². The second kappa shape index (κ2) is 5.26. The molecule has 2 aromatic rings. The van der Waals surface area contributed by atoms with Crippen LogP contribution in [0.2, 0.25) is 5.02 Å². The number of rotatable bonds is 3. The lowest BCUT2D eigenvalue weighted by atomic mass is 9.99. The van der Waals surface area contributed by atoms with Gasteiger partial charge in [-0.3, -0.25) is 4.79 Å². The highest BCUT2D eigenvalue weighted by Gasteiger charge is 2.29. The number of anilines is 1. The number of halogens is 1. The van der Waals surface area contributed by atoms with E-state index in [0.29, 0.717) is 15.6 Å². The summed E-state index contributed by atoms with van der Waals surface area (Å²) in [4.78, 5) is 15.0. The molecule has 3 nitrogen and oxygen atoms in total. The molecule has 0 unspecified atom stereocenters. The third-order valence-corrected chi connectivity index (χ3v) is 5.35. The van der Waals surface area contributed by atoms with Gasteiger partial charge in [-0.15, -0.1) is 11.3 Å². The van der Waals surface area contributed by atoms with Crippen molar-refractivity contribution in [1.82, 2.24) is 4.90 Å². The van der Waals surface area contributed by atoms with Gasteiger partial charge in [0.25, 0.3) is 5.91 Å². The van der Waals surface area contributed by atoms with E-state index in [1.165, 1.54) is 11.3 Å². The maximum atomic E-state index is 12.6. The van der Waals surface area contributed by atoms with Crippen LogP contribution < -0.4 is 5.73 Å². The lowest BCUT2D eigenvalue weighted by Gasteiger charge is -2.34. The summed E-state index contributed by atoms with van der Waals surface area (Å²) >= 11 is 7.39. The molecule has 0 saturated heterocycles. The molecular weight excluding hydrogens is 292 g/mol. The first-order chi connectivity index (χ1) is 9.27. The molecule has 0 bridgehead atoms. The van der Waals surface area contributed by atoms with E-state index in [4.69, 9.17) is 17.3 Å². The molecule has 1 heterocycles. The van der Waals surface area contributed by atoms with Crippen molar-refractivity contribution in [3.8, 4) is 0 Å². The molecule has 0 aliphatic rings. The number of benzene rings is 1. The molecule has 108 valence electrons. The minimum atomic E-state index is -0.197. The van der Waals surface area contributed by atoms with Crippen LogP contribution >= 0.6 is 22.9 Å². The van der Waals surface area contributed by atoms with Crippen LogP contribution in [0.25, 0.3) is 10.1 Å². The van der Waals surface area contributed by atoms with Crippen molar-refractivity contribution in [2.24, 2.45) is 0 Å². The van der Waals surface area contributed by atoms with Crippen LogP contribution in [0.1, 0.15) is 36.9 Å². The minimum absolute atomic E-state index is 0.0355. The number of nitrogens with zero attached hydrogens (tertiary/aromatic N) is 1. The summed E-state index contributed by atoms with van der Waals surface area (Å²) in [6.07, 6.45) is 0.881. The summed E-state index contributed by atoms with van der Waals surface area (Å²) < 4.78 is 0.945. The molecule has 0 aliphatic heterocycles. The highest BCUT2D eigenvalue weighted by molar-refractivity contribution is 7.21. The Bertz CT molecular complexity index is 663. The lowest BCUT2D eigenvalue weighted by molar-refractivity contribution is 0.0626. The smallest absolute Gasteiger partial charge is 0.266 e. The van der Waals surface area contributed by atoms with E-state index in [0.717, 1.165) is 16.5 Å². The van der Waals surface area contributed by atoms with Gasteiger partial charge in [-0.1, -0.05) is 18.5 Å². The van der Waals surface area contributed by atoms with Gasteiger partial charge < -0.3 is 10.6 Å². The summed E-state index contributed by atoms with van der Waals surface area (Å²) in [6.45, 7) is 6.16. The van der Waals surface area contributed by atoms with Crippen molar-refractivity contribution >= 4 is 44.6 Å². The molecule has 5 heteroatoms. The Balaban J connectivity index is 2.48. The number of nitrogen functional groups attached to an aromatic ring is 1. The van der Waals surface area contributed by atoms with Crippen LogP contribution in [0.3, 0.4) is 0 Å². The Morgan fingerprint density at radius 2 is 2.10 bits per heavy atom. The number of carbonyl (C=O) groups excluding carboxylic acids is 1. The van der Waals surface area contributed by atoms with Crippen LogP contribution in [-0.4, -0.2) is 23.4 Å². The molecule has 0 fully saturated rings. The van der Waals surface area contributed by atoms with Crippen LogP contribution in [-0.2, 0) is 0 Å². The van der Waals surface area contributed by atoms with Gasteiger partial charge in [0.2, 0.25) is 0 Å². The largest absolute Gasteiger partial charge is 0.397 e. The molecule has 0 spiro atoms. The molecule has 1 aromatic heterocycles. The molecular formula is C15H19ClN2OS. The van der Waals surface area contributed by atoms with Crippen molar-refractivity contribution in [1.29, 1.82) is 0 Å². The SMILES string of the molecule is CCC(C)(C)N(C)C(=O)c1sc2cc(Cl)ccc2c1N. The van der Waals surface area contributed by atoms with Crippen LogP contribution in [0, 0.1) is 0 Å². The van der Waals surface area contributed by atoms with Gasteiger partial charge in [0.05, 0.1) is 5.69 Å². The third kappa shape index (κ3) is 2.50. The predicted molar refractivity (Wildman–Crippen MR) is 87.7 cm³/mol. The fourth-order valence-electron chi connectivity index (χ4n) is 1.91. The van der Waals surface area contributed by atoms with Crippen LogP contribution in [0.15, 0.2) is 18.2 Å². The first-order valence-electron chi connectivity index (χ1n) is 6.53. The van der Waals surface area contributed by atoms with Gasteiger partial charge in [-0.2, -0.15) is 0 Å². The standard InChI is InChI=1S/C15H19ClN2OS/c1-5-15(2,3)18(4)14(19)13-12(17)10-7-6-9(16)8-11(10)20-13/h6-8H,5,17H2,1-4H3. The van der Waals surface area contributed by atoms with Gasteiger partial charge in [0, 0.05) is 27.7 Å². The fourth-order valence-corrected chi connectivity index (χ4v) is 3.29. The quantitative estimate of drug-likeness (QED) is 0.913. The lowest BCUT2D eigenvalue weighted by Crippen LogP contribution is -2.44. The number of amides is 1. The van der Waals surface area contributed by atoms with Crippen molar-refractivity contribution < 1.29 is 4.79 Å². The second-order valence-corrected chi connectivity index (χ2v) is 7.00. The Labute approximate surface area is 128 Å². The summed E-state index contributed by atoms with van der Waals surface area (Å²) in [7, 11) is 1.82. The molecule has 0 atom stereocenters. The summed E-state index contributed by atoms with van der Waals surface area (Å²) in [5.74, 6) is -0.0355. The van der Waals surface area contributed by atoms with Crippen molar-refractivity contribution in [2.75, 3.05) is 12.8 Å². The molecule has 1 amide bonds. The normalized spacial score (nSPS) is 11.8. The molecule has 2 N–H and O–H groups in total. The third-order valence-electron chi connectivity index (χ3n) is 3.96. The van der Waals surface area contributed by atoms with E-state index in [2.05, 4.69) is 6.92 Å². The number of nitrogens with two attached hydrogens (primary N) is 1. The van der Waals surface area contributed by atoms with E-state index >= 15 is 0 Å². The second-order valence-electron chi connectivity index (χ2n) is 5.52. The first kappa shape index (κ1) is 15.1. The number of carbonyl (C=O) groups is 1. The molecule has 20 heavy (non-hydrogen) atoms. The Kier molecular flexibility index (Phi) is 3.98. The molecule has 0 radical (unpaired) electrons. The van der Waals surface area contributed by atoms with Gasteiger partial charge in [0.15, 0.2) is 0 Å². The summed E-state index contributed by atoms with van der Waals surface area (Å²) in [6, 6.07) is 5.51.